The monoisotopic (exact) mass is 305 g/mol. The van der Waals surface area contributed by atoms with Gasteiger partial charge in [0.05, 0.1) is 4.90 Å². The molecule has 0 N–H and O–H groups in total. The van der Waals surface area contributed by atoms with Gasteiger partial charge in [0.1, 0.15) is 5.82 Å². The van der Waals surface area contributed by atoms with E-state index in [1.54, 1.807) is 0 Å². The fourth-order valence-electron chi connectivity index (χ4n) is 2.10. The molecule has 0 radical (unpaired) electrons. The smallest absolute Gasteiger partial charge is 0.243 e. The summed E-state index contributed by atoms with van der Waals surface area (Å²) in [5.41, 5.74) is 0. The molecule has 104 valence electrons. The van der Waals surface area contributed by atoms with Crippen molar-refractivity contribution in [3.05, 3.63) is 30.1 Å². The molecule has 0 amide bonds. The Labute approximate surface area is 116 Å². The standard InChI is InChI=1S/C12H13ClFNO3S/c13-12(16)9-2-1-7-15(8-9)19(17,18)11-5-3-10(14)4-6-11/h3-6,9H,1-2,7-8H2. The van der Waals surface area contributed by atoms with Gasteiger partial charge in [0, 0.05) is 19.0 Å². The number of carbonyl (C=O) groups is 1. The van der Waals surface area contributed by atoms with E-state index in [2.05, 4.69) is 0 Å². The number of halogens is 2. The minimum atomic E-state index is -3.69. The second-order valence-corrected chi connectivity index (χ2v) is 6.77. The van der Waals surface area contributed by atoms with Gasteiger partial charge in [-0.3, -0.25) is 4.79 Å². The summed E-state index contributed by atoms with van der Waals surface area (Å²) in [4.78, 5) is 11.2. The predicted molar refractivity (Wildman–Crippen MR) is 68.7 cm³/mol. The number of benzene rings is 1. The normalized spacial score (nSPS) is 21.3. The van der Waals surface area contributed by atoms with E-state index in [1.165, 1.54) is 16.4 Å². The van der Waals surface area contributed by atoms with Gasteiger partial charge in [-0.15, -0.1) is 0 Å². The third kappa shape index (κ3) is 3.13. The molecule has 7 heteroatoms. The van der Waals surface area contributed by atoms with Crippen LogP contribution in [0.1, 0.15) is 12.8 Å². The van der Waals surface area contributed by atoms with Crippen molar-refractivity contribution in [1.82, 2.24) is 4.31 Å². The summed E-state index contributed by atoms with van der Waals surface area (Å²) in [7, 11) is -3.69. The molecule has 1 aliphatic heterocycles. The van der Waals surface area contributed by atoms with Crippen LogP contribution in [0.4, 0.5) is 4.39 Å². The average Bonchev–Trinajstić information content (AvgIpc) is 2.39. The Bertz CT molecular complexity index is 573. The average molecular weight is 306 g/mol. The summed E-state index contributed by atoms with van der Waals surface area (Å²) in [6, 6.07) is 4.63. The van der Waals surface area contributed by atoms with Crippen molar-refractivity contribution in [2.75, 3.05) is 13.1 Å². The van der Waals surface area contributed by atoms with Crippen LogP contribution in [0.2, 0.25) is 0 Å². The minimum Gasteiger partial charge on any atom is -0.281 e. The largest absolute Gasteiger partial charge is 0.281 e. The van der Waals surface area contributed by atoms with Crippen molar-refractivity contribution in [3.8, 4) is 0 Å². The minimum absolute atomic E-state index is 0.0246. The number of nitrogens with zero attached hydrogens (tertiary/aromatic N) is 1. The number of hydrogen-bond acceptors (Lipinski definition) is 3. The van der Waals surface area contributed by atoms with E-state index >= 15 is 0 Å². The molecule has 0 bridgehead atoms. The molecule has 1 heterocycles. The molecule has 1 saturated heterocycles. The predicted octanol–water partition coefficient (Wildman–Crippen LogP) is 1.99. The maximum absolute atomic E-state index is 12.8. The molecule has 0 aliphatic carbocycles. The second kappa shape index (κ2) is 5.56. The third-order valence-corrected chi connectivity index (χ3v) is 5.34. The Morgan fingerprint density at radius 2 is 1.95 bits per heavy atom. The molecule has 1 aromatic rings. The van der Waals surface area contributed by atoms with Crippen molar-refractivity contribution in [1.29, 1.82) is 0 Å². The molecule has 2 rings (SSSR count). The van der Waals surface area contributed by atoms with Crippen molar-refractivity contribution in [2.24, 2.45) is 5.92 Å². The number of piperidine rings is 1. The molecule has 1 fully saturated rings. The van der Waals surface area contributed by atoms with Crippen LogP contribution in [0.25, 0.3) is 0 Å². The Kier molecular flexibility index (Phi) is 4.23. The zero-order valence-electron chi connectivity index (χ0n) is 10.1. The molecular weight excluding hydrogens is 293 g/mol. The maximum atomic E-state index is 12.8. The molecule has 0 spiro atoms. The zero-order valence-corrected chi connectivity index (χ0v) is 11.6. The molecule has 19 heavy (non-hydrogen) atoms. The highest BCUT2D eigenvalue weighted by molar-refractivity contribution is 7.89. The first-order valence-corrected chi connectivity index (χ1v) is 7.68. The van der Waals surface area contributed by atoms with Crippen molar-refractivity contribution < 1.29 is 17.6 Å². The van der Waals surface area contributed by atoms with Crippen LogP contribution >= 0.6 is 11.6 Å². The van der Waals surface area contributed by atoms with E-state index < -0.39 is 27.0 Å². The molecule has 4 nitrogen and oxygen atoms in total. The van der Waals surface area contributed by atoms with E-state index in [-0.39, 0.29) is 11.4 Å². The topological polar surface area (TPSA) is 54.5 Å². The number of sulfonamides is 1. The van der Waals surface area contributed by atoms with Gasteiger partial charge in [-0.1, -0.05) is 0 Å². The van der Waals surface area contributed by atoms with E-state index in [1.807, 2.05) is 0 Å². The lowest BCUT2D eigenvalue weighted by molar-refractivity contribution is -0.116. The summed E-state index contributed by atoms with van der Waals surface area (Å²) >= 11 is 5.43. The highest BCUT2D eigenvalue weighted by atomic mass is 35.5. The molecule has 0 saturated carbocycles. The summed E-state index contributed by atoms with van der Waals surface area (Å²) in [6.07, 6.45) is 1.18. The van der Waals surface area contributed by atoms with Gasteiger partial charge in [-0.05, 0) is 48.7 Å². The Morgan fingerprint density at radius 1 is 1.32 bits per heavy atom. The van der Waals surface area contributed by atoms with E-state index in [0.29, 0.717) is 19.4 Å². The third-order valence-electron chi connectivity index (χ3n) is 3.16. The lowest BCUT2D eigenvalue weighted by Gasteiger charge is -2.30. The van der Waals surface area contributed by atoms with Crippen molar-refractivity contribution in [2.45, 2.75) is 17.7 Å². The van der Waals surface area contributed by atoms with E-state index in [0.717, 1.165) is 12.1 Å². The zero-order chi connectivity index (χ0) is 14.0. The molecular formula is C12H13ClFNO3S. The van der Waals surface area contributed by atoms with Crippen LogP contribution in [0.15, 0.2) is 29.2 Å². The molecule has 1 aromatic carbocycles. The van der Waals surface area contributed by atoms with Crippen LogP contribution < -0.4 is 0 Å². The number of carbonyl (C=O) groups excluding carboxylic acids is 1. The Balaban J connectivity index is 2.24. The maximum Gasteiger partial charge on any atom is 0.243 e. The number of hydrogen-bond donors (Lipinski definition) is 0. The first kappa shape index (κ1) is 14.4. The highest BCUT2D eigenvalue weighted by Gasteiger charge is 2.32. The van der Waals surface area contributed by atoms with Gasteiger partial charge in [-0.25, -0.2) is 12.8 Å². The second-order valence-electron chi connectivity index (χ2n) is 4.46. The molecule has 1 aliphatic rings. The van der Waals surface area contributed by atoms with Crippen molar-refractivity contribution in [3.63, 3.8) is 0 Å². The molecule has 1 unspecified atom stereocenters. The van der Waals surface area contributed by atoms with Gasteiger partial charge in [-0.2, -0.15) is 4.31 Å². The number of rotatable bonds is 3. The van der Waals surface area contributed by atoms with Crippen molar-refractivity contribution >= 4 is 26.9 Å². The van der Waals surface area contributed by atoms with Gasteiger partial charge < -0.3 is 0 Å². The fourth-order valence-corrected chi connectivity index (χ4v) is 3.80. The lowest BCUT2D eigenvalue weighted by atomic mass is 10.0. The quantitative estimate of drug-likeness (QED) is 0.803. The van der Waals surface area contributed by atoms with Gasteiger partial charge in [0.15, 0.2) is 0 Å². The summed E-state index contributed by atoms with van der Waals surface area (Å²) in [6.45, 7) is 0.433. The Hall–Kier alpha value is -0.980. The highest BCUT2D eigenvalue weighted by Crippen LogP contribution is 2.25. The fraction of sp³-hybridized carbons (Fsp3) is 0.417. The first-order chi connectivity index (χ1) is 8.91. The van der Waals surface area contributed by atoms with Crippen LogP contribution in [-0.4, -0.2) is 31.1 Å². The molecule has 1 atom stereocenters. The van der Waals surface area contributed by atoms with Crippen LogP contribution in [-0.2, 0) is 14.8 Å². The summed E-state index contributed by atoms with van der Waals surface area (Å²) in [5.74, 6) is -0.961. The van der Waals surface area contributed by atoms with Crippen LogP contribution in [0.5, 0.6) is 0 Å². The van der Waals surface area contributed by atoms with Crippen LogP contribution in [0.3, 0.4) is 0 Å². The van der Waals surface area contributed by atoms with Crippen LogP contribution in [0, 0.1) is 11.7 Å². The van der Waals surface area contributed by atoms with E-state index in [4.69, 9.17) is 11.6 Å². The lowest BCUT2D eigenvalue weighted by Crippen LogP contribution is -2.41. The Morgan fingerprint density at radius 3 is 2.53 bits per heavy atom. The van der Waals surface area contributed by atoms with Gasteiger partial charge in [0.25, 0.3) is 0 Å². The summed E-state index contributed by atoms with van der Waals surface area (Å²) in [5, 5.41) is -0.515. The van der Waals surface area contributed by atoms with E-state index in [9.17, 15) is 17.6 Å². The summed E-state index contributed by atoms with van der Waals surface area (Å²) < 4.78 is 38.7. The SMILES string of the molecule is O=C(Cl)C1CCCN(S(=O)(=O)c2ccc(F)cc2)C1. The van der Waals surface area contributed by atoms with Gasteiger partial charge >= 0.3 is 0 Å². The van der Waals surface area contributed by atoms with Gasteiger partial charge in [0.2, 0.25) is 15.3 Å². The first-order valence-electron chi connectivity index (χ1n) is 5.86. The molecule has 0 aromatic heterocycles.